The number of aromatic nitrogens is 3. The quantitative estimate of drug-likeness (QED) is 0.340. The van der Waals surface area contributed by atoms with E-state index < -0.39 is 6.23 Å². The third kappa shape index (κ3) is 4.19. The fourth-order valence-corrected chi connectivity index (χ4v) is 4.59. The van der Waals surface area contributed by atoms with Gasteiger partial charge in [0.05, 0.1) is 0 Å². The van der Waals surface area contributed by atoms with Gasteiger partial charge in [-0.3, -0.25) is 0 Å². The van der Waals surface area contributed by atoms with Crippen molar-refractivity contribution < 1.29 is 4.74 Å². The van der Waals surface area contributed by atoms with Gasteiger partial charge in [-0.25, -0.2) is 0 Å². The Morgan fingerprint density at radius 2 is 1.61 bits per heavy atom. The summed E-state index contributed by atoms with van der Waals surface area (Å²) < 4.78 is 6.27. The highest BCUT2D eigenvalue weighted by molar-refractivity contribution is 7.98. The average Bonchev–Trinajstić information content (AvgIpc) is 2.95. The summed E-state index contributed by atoms with van der Waals surface area (Å²) in [6.45, 7) is 0. The molecule has 0 amide bonds. The highest BCUT2D eigenvalue weighted by atomic mass is 35.5. The molecular weight excluding hydrogens is 451 g/mol. The van der Waals surface area contributed by atoms with Crippen molar-refractivity contribution in [3.63, 3.8) is 0 Å². The van der Waals surface area contributed by atoms with E-state index in [0.29, 0.717) is 32.5 Å². The van der Waals surface area contributed by atoms with E-state index in [4.69, 9.17) is 27.9 Å². The maximum atomic E-state index is 6.44. The highest BCUT2D eigenvalue weighted by Gasteiger charge is 2.27. The lowest BCUT2D eigenvalue weighted by Gasteiger charge is -2.20. The van der Waals surface area contributed by atoms with E-state index >= 15 is 0 Å². The minimum atomic E-state index is -0.519. The van der Waals surface area contributed by atoms with Gasteiger partial charge in [0.25, 0.3) is 0 Å². The molecule has 1 aromatic heterocycles. The fraction of sp³-hybridized carbons (Fsp3) is 0.0870. The molecule has 0 radical (unpaired) electrons. The summed E-state index contributed by atoms with van der Waals surface area (Å²) in [5.74, 6) is 1.03. The maximum Gasteiger partial charge on any atom is 0.247 e. The van der Waals surface area contributed by atoms with E-state index in [9.17, 15) is 0 Å². The van der Waals surface area contributed by atoms with Gasteiger partial charge in [-0.2, -0.15) is 4.98 Å². The fourth-order valence-electron chi connectivity index (χ4n) is 3.29. The molecule has 0 saturated heterocycles. The molecule has 1 aliphatic rings. The van der Waals surface area contributed by atoms with Crippen molar-refractivity contribution in [2.45, 2.75) is 17.1 Å². The van der Waals surface area contributed by atoms with E-state index in [1.807, 2.05) is 72.8 Å². The Labute approximate surface area is 193 Å². The molecule has 1 atom stereocenters. The minimum absolute atomic E-state index is 0.402. The Bertz CT molecular complexity index is 1250. The van der Waals surface area contributed by atoms with Gasteiger partial charge in [0.15, 0.2) is 11.9 Å². The van der Waals surface area contributed by atoms with Crippen LogP contribution < -0.4 is 10.1 Å². The van der Waals surface area contributed by atoms with Crippen LogP contribution in [0.2, 0.25) is 10.0 Å². The number of para-hydroxylation sites is 1. The first kappa shape index (κ1) is 20.1. The molecular formula is C23H16Cl2N4OS. The van der Waals surface area contributed by atoms with Crippen LogP contribution in [-0.2, 0) is 5.75 Å². The number of hydrogen-bond acceptors (Lipinski definition) is 6. The summed E-state index contributed by atoms with van der Waals surface area (Å²) in [6, 6.07) is 23.1. The second-order valence-corrected chi connectivity index (χ2v) is 8.59. The van der Waals surface area contributed by atoms with Gasteiger partial charge < -0.3 is 10.1 Å². The number of anilines is 1. The first-order chi connectivity index (χ1) is 15.2. The molecule has 0 fully saturated rings. The van der Waals surface area contributed by atoms with E-state index in [-0.39, 0.29) is 0 Å². The van der Waals surface area contributed by atoms with Gasteiger partial charge >= 0.3 is 0 Å². The number of hydrogen-bond donors (Lipinski definition) is 1. The number of benzene rings is 3. The van der Waals surface area contributed by atoms with Crippen molar-refractivity contribution in [3.8, 4) is 17.1 Å². The van der Waals surface area contributed by atoms with E-state index in [1.165, 1.54) is 11.8 Å². The Balaban J connectivity index is 1.51. The van der Waals surface area contributed by atoms with Crippen LogP contribution >= 0.6 is 35.0 Å². The Kier molecular flexibility index (Phi) is 5.68. The second kappa shape index (κ2) is 8.75. The second-order valence-electron chi connectivity index (χ2n) is 6.84. The molecule has 0 saturated carbocycles. The van der Waals surface area contributed by atoms with E-state index in [2.05, 4.69) is 20.5 Å². The normalized spacial score (nSPS) is 14.6. The van der Waals surface area contributed by atoms with Crippen LogP contribution in [0.3, 0.4) is 0 Å². The maximum absolute atomic E-state index is 6.44. The molecule has 31 heavy (non-hydrogen) atoms. The van der Waals surface area contributed by atoms with Crippen LogP contribution in [0.5, 0.6) is 5.88 Å². The molecule has 1 N–H and O–H groups in total. The minimum Gasteiger partial charge on any atom is -0.448 e. The van der Waals surface area contributed by atoms with Gasteiger partial charge in [0, 0.05) is 32.6 Å². The smallest absolute Gasteiger partial charge is 0.247 e. The van der Waals surface area contributed by atoms with Gasteiger partial charge in [-0.15, -0.1) is 10.2 Å². The summed E-state index contributed by atoms with van der Waals surface area (Å²) >= 11 is 14.2. The summed E-state index contributed by atoms with van der Waals surface area (Å²) in [5, 5.41) is 14.0. The van der Waals surface area contributed by atoms with Gasteiger partial charge in [-0.1, -0.05) is 89.6 Å². The first-order valence-electron chi connectivity index (χ1n) is 9.57. The van der Waals surface area contributed by atoms with E-state index in [0.717, 1.165) is 22.4 Å². The number of thioether (sulfide) groups is 1. The molecule has 4 aromatic rings. The summed E-state index contributed by atoms with van der Waals surface area (Å²) in [5.41, 5.74) is 4.15. The van der Waals surface area contributed by atoms with Crippen molar-refractivity contribution in [2.24, 2.45) is 0 Å². The van der Waals surface area contributed by atoms with Crippen molar-refractivity contribution in [1.82, 2.24) is 15.2 Å². The zero-order valence-electron chi connectivity index (χ0n) is 16.1. The van der Waals surface area contributed by atoms with Crippen LogP contribution in [0, 0.1) is 0 Å². The molecule has 154 valence electrons. The molecule has 0 aliphatic carbocycles. The predicted molar refractivity (Wildman–Crippen MR) is 125 cm³/mol. The molecule has 8 heteroatoms. The number of fused-ring (bicyclic) bond motifs is 3. The van der Waals surface area contributed by atoms with Gasteiger partial charge in [0.2, 0.25) is 11.0 Å². The molecule has 3 aromatic carbocycles. The molecule has 0 spiro atoms. The number of nitrogens with one attached hydrogen (secondary N) is 1. The molecule has 5 rings (SSSR count). The third-order valence-corrected chi connectivity index (χ3v) is 6.44. The van der Waals surface area contributed by atoms with E-state index in [1.54, 1.807) is 0 Å². The van der Waals surface area contributed by atoms with Crippen LogP contribution in [-0.4, -0.2) is 15.2 Å². The summed E-state index contributed by atoms with van der Waals surface area (Å²) in [4.78, 5) is 4.66. The molecule has 0 bridgehead atoms. The third-order valence-electron chi connectivity index (χ3n) is 4.84. The summed E-state index contributed by atoms with van der Waals surface area (Å²) in [7, 11) is 0. The molecule has 5 nitrogen and oxygen atoms in total. The standard InChI is InChI=1S/C23H16Cl2N4OS/c24-17-10-4-1-7-14(17)13-31-23-27-22-20(28-29-23)16-9-3-6-12-19(16)26-21(30-22)15-8-2-5-11-18(15)25/h1-12,21,26H,13H2/t21-/m0/s1. The first-order valence-corrected chi connectivity index (χ1v) is 11.3. The SMILES string of the molecule is Clc1ccccc1CSc1nnc2c(n1)O[C@@H](c1ccccc1Cl)Nc1ccccc1-2. The molecule has 1 aliphatic heterocycles. The summed E-state index contributed by atoms with van der Waals surface area (Å²) in [6.07, 6.45) is -0.519. The van der Waals surface area contributed by atoms with Crippen molar-refractivity contribution in [3.05, 3.63) is 94.0 Å². The van der Waals surface area contributed by atoms with Crippen molar-refractivity contribution in [1.29, 1.82) is 0 Å². The van der Waals surface area contributed by atoms with Crippen LogP contribution in [0.15, 0.2) is 78.0 Å². The van der Waals surface area contributed by atoms with Gasteiger partial charge in [-0.05, 0) is 23.8 Å². The predicted octanol–water partition coefficient (Wildman–Crippen LogP) is 6.64. The largest absolute Gasteiger partial charge is 0.448 e. The lowest BCUT2D eigenvalue weighted by molar-refractivity contribution is 0.225. The van der Waals surface area contributed by atoms with Crippen LogP contribution in [0.4, 0.5) is 5.69 Å². The Morgan fingerprint density at radius 3 is 2.45 bits per heavy atom. The number of ether oxygens (including phenoxy) is 1. The van der Waals surface area contributed by atoms with Gasteiger partial charge in [0.1, 0.15) is 0 Å². The Morgan fingerprint density at radius 1 is 0.871 bits per heavy atom. The highest BCUT2D eigenvalue weighted by Crippen LogP contribution is 2.40. The number of nitrogens with zero attached hydrogens (tertiary/aromatic N) is 3. The zero-order chi connectivity index (χ0) is 21.2. The van der Waals surface area contributed by atoms with Crippen molar-refractivity contribution in [2.75, 3.05) is 5.32 Å². The zero-order valence-corrected chi connectivity index (χ0v) is 18.5. The number of halogens is 2. The Hall–Kier alpha value is -2.80. The topological polar surface area (TPSA) is 59.9 Å². The van der Waals surface area contributed by atoms with Crippen LogP contribution in [0.1, 0.15) is 17.4 Å². The molecule has 2 heterocycles. The monoisotopic (exact) mass is 466 g/mol. The van der Waals surface area contributed by atoms with Crippen LogP contribution in [0.25, 0.3) is 11.3 Å². The molecule has 0 unspecified atom stereocenters. The van der Waals surface area contributed by atoms with Crippen molar-refractivity contribution >= 4 is 40.7 Å². The average molecular weight is 467 g/mol. The number of rotatable bonds is 4. The lowest BCUT2D eigenvalue weighted by Crippen LogP contribution is -2.17. The lowest BCUT2D eigenvalue weighted by atomic mass is 10.1.